The van der Waals surface area contributed by atoms with E-state index in [0.717, 1.165) is 5.56 Å². The molecule has 0 heterocycles. The minimum Gasteiger partial charge on any atom is -0.469 e. The quantitative estimate of drug-likeness (QED) is 0.717. The van der Waals surface area contributed by atoms with Crippen molar-refractivity contribution in [3.63, 3.8) is 0 Å². The third-order valence-corrected chi connectivity index (χ3v) is 2.45. The van der Waals surface area contributed by atoms with Gasteiger partial charge in [0.05, 0.1) is 13.5 Å². The Morgan fingerprint density at radius 1 is 1.53 bits per heavy atom. The number of esters is 1. The van der Waals surface area contributed by atoms with Crippen LogP contribution in [-0.2, 0) is 9.53 Å². The van der Waals surface area contributed by atoms with Gasteiger partial charge in [0.15, 0.2) is 0 Å². The van der Waals surface area contributed by atoms with E-state index in [1.807, 2.05) is 6.92 Å². The summed E-state index contributed by atoms with van der Waals surface area (Å²) in [5.74, 6) is -0.412. The Morgan fingerprint density at radius 3 is 2.73 bits per heavy atom. The molecule has 0 amide bonds. The van der Waals surface area contributed by atoms with Gasteiger partial charge in [-0.25, -0.2) is 4.39 Å². The van der Waals surface area contributed by atoms with Gasteiger partial charge in [-0.3, -0.25) is 4.79 Å². The molecular weight excluding hydrogens is 195 g/mol. The number of aryl methyl sites for hydroxylation is 1. The third kappa shape index (κ3) is 3.05. The highest BCUT2D eigenvalue weighted by molar-refractivity contribution is 5.70. The van der Waals surface area contributed by atoms with Crippen LogP contribution in [0.15, 0.2) is 18.2 Å². The average molecular weight is 210 g/mol. The van der Waals surface area contributed by atoms with Gasteiger partial charge in [0.25, 0.3) is 0 Å². The van der Waals surface area contributed by atoms with Crippen molar-refractivity contribution in [3.05, 3.63) is 35.1 Å². The van der Waals surface area contributed by atoms with E-state index in [1.165, 1.54) is 13.2 Å². The lowest BCUT2D eigenvalue weighted by Gasteiger charge is -2.11. The molecule has 0 N–H and O–H groups in total. The Hall–Kier alpha value is -1.38. The Labute approximate surface area is 89.1 Å². The fourth-order valence-corrected chi connectivity index (χ4v) is 1.43. The van der Waals surface area contributed by atoms with Crippen molar-refractivity contribution in [1.82, 2.24) is 0 Å². The number of carbonyl (C=O) groups excluding carboxylic acids is 1. The van der Waals surface area contributed by atoms with Gasteiger partial charge in [-0.2, -0.15) is 0 Å². The van der Waals surface area contributed by atoms with E-state index in [-0.39, 0.29) is 17.7 Å². The molecule has 2 nitrogen and oxygen atoms in total. The van der Waals surface area contributed by atoms with Crippen LogP contribution in [0, 0.1) is 12.7 Å². The number of halogens is 1. The monoisotopic (exact) mass is 210 g/mol. The zero-order chi connectivity index (χ0) is 11.4. The van der Waals surface area contributed by atoms with Crippen LogP contribution in [0.2, 0.25) is 0 Å². The van der Waals surface area contributed by atoms with Gasteiger partial charge in [0.1, 0.15) is 5.82 Å². The number of benzene rings is 1. The van der Waals surface area contributed by atoms with Gasteiger partial charge < -0.3 is 4.74 Å². The molecule has 0 radical (unpaired) electrons. The molecule has 1 aromatic rings. The van der Waals surface area contributed by atoms with Crippen molar-refractivity contribution in [2.24, 2.45) is 0 Å². The predicted octanol–water partition coefficient (Wildman–Crippen LogP) is 2.80. The van der Waals surface area contributed by atoms with E-state index in [1.54, 1.807) is 19.1 Å². The SMILES string of the molecule is COC(=O)CC(C)c1ccc(F)c(C)c1. The van der Waals surface area contributed by atoms with E-state index in [4.69, 9.17) is 0 Å². The summed E-state index contributed by atoms with van der Waals surface area (Å²) in [5, 5.41) is 0. The number of carbonyl (C=O) groups is 1. The van der Waals surface area contributed by atoms with E-state index < -0.39 is 0 Å². The zero-order valence-corrected chi connectivity index (χ0v) is 9.21. The van der Waals surface area contributed by atoms with Crippen LogP contribution < -0.4 is 0 Å². The van der Waals surface area contributed by atoms with Crippen molar-refractivity contribution in [1.29, 1.82) is 0 Å². The third-order valence-electron chi connectivity index (χ3n) is 2.45. The Morgan fingerprint density at radius 2 is 2.20 bits per heavy atom. The molecule has 1 atom stereocenters. The number of hydrogen-bond acceptors (Lipinski definition) is 2. The van der Waals surface area contributed by atoms with Crippen LogP contribution in [0.3, 0.4) is 0 Å². The van der Waals surface area contributed by atoms with Gasteiger partial charge in [0.2, 0.25) is 0 Å². The molecule has 1 aromatic carbocycles. The van der Waals surface area contributed by atoms with Crippen LogP contribution in [0.25, 0.3) is 0 Å². The number of methoxy groups -OCH3 is 1. The van der Waals surface area contributed by atoms with Crippen LogP contribution in [0.4, 0.5) is 4.39 Å². The first-order valence-corrected chi connectivity index (χ1v) is 4.87. The second kappa shape index (κ2) is 4.91. The van der Waals surface area contributed by atoms with Crippen molar-refractivity contribution in [2.75, 3.05) is 7.11 Å². The van der Waals surface area contributed by atoms with Crippen LogP contribution in [0.1, 0.15) is 30.4 Å². The molecule has 1 unspecified atom stereocenters. The summed E-state index contributed by atoms with van der Waals surface area (Å²) >= 11 is 0. The predicted molar refractivity (Wildman–Crippen MR) is 56.2 cm³/mol. The maximum absolute atomic E-state index is 13.0. The molecule has 0 saturated heterocycles. The fraction of sp³-hybridized carbons (Fsp3) is 0.417. The van der Waals surface area contributed by atoms with E-state index >= 15 is 0 Å². The van der Waals surface area contributed by atoms with Crippen molar-refractivity contribution < 1.29 is 13.9 Å². The molecule has 0 saturated carbocycles. The molecule has 0 bridgehead atoms. The summed E-state index contributed by atoms with van der Waals surface area (Å²) in [6.07, 6.45) is 0.321. The summed E-state index contributed by atoms with van der Waals surface area (Å²) in [5.41, 5.74) is 1.56. The zero-order valence-electron chi connectivity index (χ0n) is 9.21. The summed E-state index contributed by atoms with van der Waals surface area (Å²) < 4.78 is 17.6. The van der Waals surface area contributed by atoms with E-state index in [9.17, 15) is 9.18 Å². The maximum Gasteiger partial charge on any atom is 0.306 e. The lowest BCUT2D eigenvalue weighted by Crippen LogP contribution is -2.06. The topological polar surface area (TPSA) is 26.3 Å². The molecule has 0 aromatic heterocycles. The highest BCUT2D eigenvalue weighted by Gasteiger charge is 2.12. The minimum atomic E-state index is -0.246. The Bertz CT molecular complexity index is 361. The highest BCUT2D eigenvalue weighted by Crippen LogP contribution is 2.21. The first-order valence-electron chi connectivity index (χ1n) is 4.87. The van der Waals surface area contributed by atoms with Crippen molar-refractivity contribution in [3.8, 4) is 0 Å². The number of rotatable bonds is 3. The minimum absolute atomic E-state index is 0.0525. The highest BCUT2D eigenvalue weighted by atomic mass is 19.1. The van der Waals surface area contributed by atoms with Gasteiger partial charge in [-0.1, -0.05) is 19.1 Å². The van der Waals surface area contributed by atoms with E-state index in [2.05, 4.69) is 4.74 Å². The first-order chi connectivity index (χ1) is 7.04. The largest absolute Gasteiger partial charge is 0.469 e. The molecule has 0 aliphatic carbocycles. The molecule has 15 heavy (non-hydrogen) atoms. The van der Waals surface area contributed by atoms with Crippen LogP contribution in [0.5, 0.6) is 0 Å². The summed E-state index contributed by atoms with van der Waals surface area (Å²) in [7, 11) is 1.37. The fourth-order valence-electron chi connectivity index (χ4n) is 1.43. The summed E-state index contributed by atoms with van der Waals surface area (Å²) in [4.78, 5) is 11.1. The van der Waals surface area contributed by atoms with Gasteiger partial charge in [-0.05, 0) is 30.0 Å². The lowest BCUT2D eigenvalue weighted by molar-refractivity contribution is -0.140. The summed E-state index contributed by atoms with van der Waals surface area (Å²) in [6.45, 7) is 3.63. The Balaban J connectivity index is 2.78. The average Bonchev–Trinajstić information content (AvgIpc) is 2.21. The van der Waals surface area contributed by atoms with Crippen molar-refractivity contribution >= 4 is 5.97 Å². The second-order valence-electron chi connectivity index (χ2n) is 3.69. The Kier molecular flexibility index (Phi) is 3.83. The molecule has 1 rings (SSSR count). The smallest absolute Gasteiger partial charge is 0.306 e. The standard InChI is InChI=1S/C12H15FO2/c1-8(7-12(14)15-3)10-4-5-11(13)9(2)6-10/h4-6,8H,7H2,1-3H3. The van der Waals surface area contributed by atoms with E-state index in [0.29, 0.717) is 12.0 Å². The lowest BCUT2D eigenvalue weighted by atomic mass is 9.96. The molecule has 82 valence electrons. The molecule has 0 spiro atoms. The molecule has 0 fully saturated rings. The molecule has 0 aliphatic rings. The van der Waals surface area contributed by atoms with Crippen LogP contribution >= 0.6 is 0 Å². The summed E-state index contributed by atoms with van der Waals surface area (Å²) in [6, 6.07) is 4.90. The second-order valence-corrected chi connectivity index (χ2v) is 3.69. The number of hydrogen-bond donors (Lipinski definition) is 0. The normalized spacial score (nSPS) is 12.3. The molecular formula is C12H15FO2. The van der Waals surface area contributed by atoms with Gasteiger partial charge in [0, 0.05) is 0 Å². The van der Waals surface area contributed by atoms with Crippen molar-refractivity contribution in [2.45, 2.75) is 26.2 Å². The molecule has 0 aliphatic heterocycles. The first kappa shape index (κ1) is 11.7. The van der Waals surface area contributed by atoms with Gasteiger partial charge in [-0.15, -0.1) is 0 Å². The van der Waals surface area contributed by atoms with Crippen LogP contribution in [-0.4, -0.2) is 13.1 Å². The molecule has 3 heteroatoms. The maximum atomic E-state index is 13.0. The van der Waals surface area contributed by atoms with Gasteiger partial charge >= 0.3 is 5.97 Å². The number of ether oxygens (including phenoxy) is 1.